The van der Waals surface area contributed by atoms with Crippen molar-refractivity contribution in [1.82, 2.24) is 4.98 Å². The first-order valence-corrected chi connectivity index (χ1v) is 8.49. The Bertz CT molecular complexity index is 881. The van der Waals surface area contributed by atoms with Crippen molar-refractivity contribution in [2.45, 2.75) is 30.9 Å². The zero-order valence-corrected chi connectivity index (χ0v) is 15.0. The fourth-order valence-corrected chi connectivity index (χ4v) is 3.58. The number of Topliss-reactive ketones (excluding diaryl/α,β-unsaturated/α-hetero) is 2. The first-order valence-electron chi connectivity index (χ1n) is 8.11. The number of ether oxygens (including phenoxy) is 1. The van der Waals surface area contributed by atoms with E-state index in [2.05, 4.69) is 4.98 Å². The molecule has 1 aliphatic carbocycles. The van der Waals surface area contributed by atoms with E-state index in [9.17, 15) is 22.8 Å². The number of hydrogen-bond acceptors (Lipinski definition) is 4. The Labute approximate surface area is 158 Å². The number of aromatic nitrogens is 1. The summed E-state index contributed by atoms with van der Waals surface area (Å²) in [5.74, 6) is -1.45. The van der Waals surface area contributed by atoms with Gasteiger partial charge in [-0.1, -0.05) is 23.7 Å². The molecule has 2 aromatic rings. The van der Waals surface area contributed by atoms with Crippen LogP contribution >= 0.6 is 11.6 Å². The van der Waals surface area contributed by atoms with Crippen LogP contribution in [0.4, 0.5) is 13.2 Å². The Morgan fingerprint density at radius 3 is 2.41 bits per heavy atom. The molecule has 0 spiro atoms. The van der Waals surface area contributed by atoms with Gasteiger partial charge in [0.05, 0.1) is 35.7 Å². The molecule has 3 rings (SSSR count). The van der Waals surface area contributed by atoms with Gasteiger partial charge in [-0.15, -0.1) is 0 Å². The molecule has 2 atom stereocenters. The van der Waals surface area contributed by atoms with Gasteiger partial charge in [0.15, 0.2) is 0 Å². The van der Waals surface area contributed by atoms with E-state index in [4.69, 9.17) is 16.3 Å². The van der Waals surface area contributed by atoms with Crippen molar-refractivity contribution in [2.24, 2.45) is 0 Å². The van der Waals surface area contributed by atoms with Gasteiger partial charge in [0.1, 0.15) is 17.3 Å². The maximum atomic E-state index is 12.9. The highest BCUT2D eigenvalue weighted by atomic mass is 35.5. The standard InChI is InChI=1S/C19H15ClF3NO3/c1-27-13-4-2-10(3-5-13)14-7-12(25)8-16(26)17(14)18-15(20)6-11(9-24-18)19(21,22)23/h2-6,9,14,17H,7-8H2,1H3/t14-,17+/m0/s1. The number of rotatable bonds is 3. The van der Waals surface area contributed by atoms with Crippen molar-refractivity contribution in [1.29, 1.82) is 0 Å². The largest absolute Gasteiger partial charge is 0.497 e. The second-order valence-corrected chi connectivity index (χ2v) is 6.74. The number of methoxy groups -OCH3 is 1. The molecular formula is C19H15ClF3NO3. The van der Waals surface area contributed by atoms with Crippen LogP contribution in [0.2, 0.25) is 5.02 Å². The highest BCUT2D eigenvalue weighted by molar-refractivity contribution is 6.31. The van der Waals surface area contributed by atoms with Crippen molar-refractivity contribution in [2.75, 3.05) is 7.11 Å². The van der Waals surface area contributed by atoms with E-state index in [0.29, 0.717) is 17.5 Å². The topological polar surface area (TPSA) is 56.3 Å². The van der Waals surface area contributed by atoms with E-state index in [1.807, 2.05) is 0 Å². The van der Waals surface area contributed by atoms with Crippen molar-refractivity contribution in [3.8, 4) is 5.75 Å². The molecule has 142 valence electrons. The Morgan fingerprint density at radius 2 is 1.85 bits per heavy atom. The monoisotopic (exact) mass is 397 g/mol. The molecule has 1 aliphatic rings. The third-order valence-corrected chi connectivity index (χ3v) is 4.91. The maximum absolute atomic E-state index is 12.9. The summed E-state index contributed by atoms with van der Waals surface area (Å²) < 4.78 is 43.7. The SMILES string of the molecule is COc1ccc([C@@H]2CC(=O)CC(=O)[C@@H]2c2ncc(C(F)(F)F)cc2Cl)cc1. The molecule has 1 heterocycles. The predicted octanol–water partition coefficient (Wildman–Crippen LogP) is 4.56. The van der Waals surface area contributed by atoms with Gasteiger partial charge in [-0.2, -0.15) is 13.2 Å². The molecule has 1 aromatic carbocycles. The van der Waals surface area contributed by atoms with Crippen molar-refractivity contribution < 1.29 is 27.5 Å². The summed E-state index contributed by atoms with van der Waals surface area (Å²) in [7, 11) is 1.51. The van der Waals surface area contributed by atoms with Gasteiger partial charge in [-0.3, -0.25) is 14.6 Å². The minimum absolute atomic E-state index is 0.0583. The van der Waals surface area contributed by atoms with Gasteiger partial charge in [0, 0.05) is 18.5 Å². The number of carbonyl (C=O) groups excluding carboxylic acids is 2. The molecule has 0 aliphatic heterocycles. The summed E-state index contributed by atoms with van der Waals surface area (Å²) >= 11 is 6.05. The highest BCUT2D eigenvalue weighted by Gasteiger charge is 2.40. The van der Waals surface area contributed by atoms with Crippen LogP contribution in [-0.2, 0) is 15.8 Å². The lowest BCUT2D eigenvalue weighted by atomic mass is 9.72. The molecule has 0 saturated heterocycles. The third kappa shape index (κ3) is 3.98. The molecule has 0 amide bonds. The zero-order valence-electron chi connectivity index (χ0n) is 14.2. The quantitative estimate of drug-likeness (QED) is 0.712. The molecule has 0 unspecified atom stereocenters. The number of nitrogens with zero attached hydrogens (tertiary/aromatic N) is 1. The molecule has 0 bridgehead atoms. The van der Waals surface area contributed by atoms with Crippen LogP contribution in [-0.4, -0.2) is 23.7 Å². The van der Waals surface area contributed by atoms with E-state index >= 15 is 0 Å². The van der Waals surface area contributed by atoms with Crippen LogP contribution in [0, 0.1) is 0 Å². The Balaban J connectivity index is 2.04. The molecule has 27 heavy (non-hydrogen) atoms. The average molecular weight is 398 g/mol. The Morgan fingerprint density at radius 1 is 1.19 bits per heavy atom. The fraction of sp³-hybridized carbons (Fsp3) is 0.316. The number of ketones is 2. The second-order valence-electron chi connectivity index (χ2n) is 6.33. The van der Waals surface area contributed by atoms with Gasteiger partial charge in [0.2, 0.25) is 0 Å². The van der Waals surface area contributed by atoms with Gasteiger partial charge < -0.3 is 4.74 Å². The first kappa shape index (κ1) is 19.4. The highest BCUT2D eigenvalue weighted by Crippen LogP contribution is 2.43. The van der Waals surface area contributed by atoms with Crippen LogP contribution in [0.3, 0.4) is 0 Å². The minimum atomic E-state index is -4.59. The summed E-state index contributed by atoms with van der Waals surface area (Å²) in [6.07, 6.45) is -4.12. The van der Waals surface area contributed by atoms with E-state index < -0.39 is 29.4 Å². The lowest BCUT2D eigenvalue weighted by Crippen LogP contribution is -2.31. The Hall–Kier alpha value is -2.41. The van der Waals surface area contributed by atoms with E-state index in [0.717, 1.165) is 6.07 Å². The van der Waals surface area contributed by atoms with E-state index in [1.165, 1.54) is 7.11 Å². The molecule has 1 saturated carbocycles. The molecule has 0 radical (unpaired) electrons. The van der Waals surface area contributed by atoms with Gasteiger partial charge in [0.25, 0.3) is 0 Å². The van der Waals surface area contributed by atoms with Crippen LogP contribution in [0.5, 0.6) is 5.75 Å². The van der Waals surface area contributed by atoms with Gasteiger partial charge in [-0.05, 0) is 23.8 Å². The number of benzene rings is 1. The van der Waals surface area contributed by atoms with E-state index in [-0.39, 0.29) is 29.3 Å². The number of alkyl halides is 3. The maximum Gasteiger partial charge on any atom is 0.417 e. The molecular weight excluding hydrogens is 383 g/mol. The smallest absolute Gasteiger partial charge is 0.417 e. The fourth-order valence-electron chi connectivity index (χ4n) is 3.30. The average Bonchev–Trinajstić information content (AvgIpc) is 2.61. The number of hydrogen-bond donors (Lipinski definition) is 0. The summed E-state index contributed by atoms with van der Waals surface area (Å²) in [5, 5.41) is -0.240. The zero-order chi connectivity index (χ0) is 19.8. The minimum Gasteiger partial charge on any atom is -0.497 e. The van der Waals surface area contributed by atoms with Gasteiger partial charge in [-0.25, -0.2) is 0 Å². The van der Waals surface area contributed by atoms with Crippen LogP contribution in [0.15, 0.2) is 36.5 Å². The molecule has 0 N–H and O–H groups in total. The lowest BCUT2D eigenvalue weighted by Gasteiger charge is -2.30. The van der Waals surface area contributed by atoms with Crippen LogP contribution < -0.4 is 4.74 Å². The molecule has 1 aromatic heterocycles. The third-order valence-electron chi connectivity index (χ3n) is 4.60. The molecule has 8 heteroatoms. The van der Waals surface area contributed by atoms with Crippen LogP contribution in [0.1, 0.15) is 41.5 Å². The van der Waals surface area contributed by atoms with E-state index in [1.54, 1.807) is 24.3 Å². The second kappa shape index (κ2) is 7.31. The normalized spacial score (nSPS) is 20.6. The lowest BCUT2D eigenvalue weighted by molar-refractivity contribution is -0.137. The Kier molecular flexibility index (Phi) is 5.24. The predicted molar refractivity (Wildman–Crippen MR) is 92.0 cm³/mol. The number of carbonyl (C=O) groups is 2. The van der Waals surface area contributed by atoms with Crippen molar-refractivity contribution in [3.05, 3.63) is 58.4 Å². The summed E-state index contributed by atoms with van der Waals surface area (Å²) in [5.41, 5.74) is -0.237. The first-order chi connectivity index (χ1) is 12.7. The number of pyridine rings is 1. The summed E-state index contributed by atoms with van der Waals surface area (Å²) in [6.45, 7) is 0. The molecule has 4 nitrogen and oxygen atoms in total. The molecule has 1 fully saturated rings. The number of halogens is 4. The van der Waals surface area contributed by atoms with Crippen molar-refractivity contribution in [3.63, 3.8) is 0 Å². The van der Waals surface area contributed by atoms with Crippen molar-refractivity contribution >= 4 is 23.2 Å². The summed E-state index contributed by atoms with van der Waals surface area (Å²) in [4.78, 5) is 28.4. The summed E-state index contributed by atoms with van der Waals surface area (Å²) in [6, 6.07) is 7.59. The van der Waals surface area contributed by atoms with Crippen LogP contribution in [0.25, 0.3) is 0 Å². The van der Waals surface area contributed by atoms with Gasteiger partial charge >= 0.3 is 6.18 Å².